The van der Waals surface area contributed by atoms with Crippen molar-refractivity contribution in [1.29, 1.82) is 0 Å². The first-order chi connectivity index (χ1) is 9.44. The first-order valence-corrected chi connectivity index (χ1v) is 7.47. The number of hydrogen-bond donors (Lipinski definition) is 3. The van der Waals surface area contributed by atoms with Gasteiger partial charge in [-0.2, -0.15) is 0 Å². The molecule has 0 fully saturated rings. The fourth-order valence-corrected chi connectivity index (χ4v) is 1.62. The average molecular weight is 298 g/mol. The summed E-state index contributed by atoms with van der Waals surface area (Å²) in [7, 11) is 0. The molecule has 0 radical (unpaired) electrons. The van der Waals surface area contributed by atoms with Crippen LogP contribution in [0.4, 0.5) is 0 Å². The number of hydrogen-bond acceptors (Lipinski definition) is 4. The van der Waals surface area contributed by atoms with Gasteiger partial charge in [0.05, 0.1) is 16.4 Å². The molecule has 0 heterocycles. The maximum absolute atomic E-state index is 5.75. The van der Waals surface area contributed by atoms with Gasteiger partial charge in [0.2, 0.25) is 0 Å². The van der Waals surface area contributed by atoms with E-state index in [1.165, 1.54) is 19.0 Å². The second-order valence-electron chi connectivity index (χ2n) is 4.40. The Labute approximate surface area is 129 Å². The van der Waals surface area contributed by atoms with Crippen molar-refractivity contribution in [2.45, 2.75) is 53.4 Å². The molecule has 0 aliphatic rings. The molecule has 0 bridgehead atoms. The van der Waals surface area contributed by atoms with Crippen LogP contribution in [0, 0.1) is 0 Å². The molecule has 4 nitrogen and oxygen atoms in total. The third kappa shape index (κ3) is 11.9. The fraction of sp³-hybridized carbons (Fsp3) is 0.600. The normalized spacial score (nSPS) is 11.9. The third-order valence-corrected chi connectivity index (χ3v) is 2.65. The van der Waals surface area contributed by atoms with Gasteiger partial charge in [-0.1, -0.05) is 39.1 Å². The minimum absolute atomic E-state index is 0.677. The van der Waals surface area contributed by atoms with Gasteiger partial charge in [0.1, 0.15) is 0 Å². The second-order valence-corrected chi connectivity index (χ2v) is 4.89. The highest BCUT2D eigenvalue weighted by Crippen LogP contribution is 2.01. The number of allylic oxidation sites excluding steroid dienone is 2. The van der Waals surface area contributed by atoms with Crippen LogP contribution in [-0.2, 0) is 0 Å². The van der Waals surface area contributed by atoms with Gasteiger partial charge in [-0.15, -0.1) is 0 Å². The lowest BCUT2D eigenvalue weighted by Crippen LogP contribution is -2.27. The van der Waals surface area contributed by atoms with Crippen LogP contribution < -0.4 is 16.8 Å². The summed E-state index contributed by atoms with van der Waals surface area (Å²) in [5.41, 5.74) is 13.2. The van der Waals surface area contributed by atoms with Crippen molar-refractivity contribution in [1.82, 2.24) is 5.32 Å². The third-order valence-electron chi connectivity index (χ3n) is 2.34. The molecular formula is C15H30N4S. The topological polar surface area (TPSA) is 76.4 Å². The maximum atomic E-state index is 5.75. The summed E-state index contributed by atoms with van der Waals surface area (Å²) in [6, 6.07) is 0. The summed E-state index contributed by atoms with van der Waals surface area (Å²) in [6.07, 6.45) is 5.74. The van der Waals surface area contributed by atoms with Crippen LogP contribution in [0.5, 0.6) is 0 Å². The molecule has 116 valence electrons. The van der Waals surface area contributed by atoms with Gasteiger partial charge in [-0.25, -0.2) is 0 Å². The Kier molecular flexibility index (Phi) is 15.0. The van der Waals surface area contributed by atoms with Gasteiger partial charge in [-0.3, -0.25) is 4.99 Å². The summed E-state index contributed by atoms with van der Waals surface area (Å²) in [5, 5.41) is 3.11. The number of nitrogens with zero attached hydrogens (tertiary/aromatic N) is 1. The van der Waals surface area contributed by atoms with Crippen molar-refractivity contribution in [2.75, 3.05) is 6.54 Å². The minimum atomic E-state index is 0.677. The Morgan fingerprint density at radius 2 is 1.90 bits per heavy atom. The summed E-state index contributed by atoms with van der Waals surface area (Å²) in [5.74, 6) is 0. The van der Waals surface area contributed by atoms with E-state index in [2.05, 4.69) is 30.7 Å². The van der Waals surface area contributed by atoms with E-state index >= 15 is 0 Å². The molecule has 0 saturated heterocycles. The van der Waals surface area contributed by atoms with Gasteiger partial charge in [0.25, 0.3) is 0 Å². The van der Waals surface area contributed by atoms with Crippen molar-refractivity contribution in [3.63, 3.8) is 0 Å². The van der Waals surface area contributed by atoms with Crippen LogP contribution in [0.2, 0.25) is 0 Å². The first kappa shape index (κ1) is 21.1. The van der Waals surface area contributed by atoms with Crippen molar-refractivity contribution in [3.05, 3.63) is 24.2 Å². The molecule has 0 spiro atoms. The predicted molar refractivity (Wildman–Crippen MR) is 94.8 cm³/mol. The molecule has 0 aromatic heterocycles. The molecule has 5 heteroatoms. The number of unbranched alkanes of at least 4 members (excludes halogenated alkanes) is 1. The minimum Gasteiger partial charge on any atom is -0.401 e. The van der Waals surface area contributed by atoms with Gasteiger partial charge < -0.3 is 16.8 Å². The Bertz CT molecular complexity index is 340. The highest BCUT2D eigenvalue weighted by atomic mass is 32.1. The van der Waals surface area contributed by atoms with Crippen LogP contribution in [-0.4, -0.2) is 17.2 Å². The number of rotatable bonds is 7. The van der Waals surface area contributed by atoms with Crippen LogP contribution in [0.1, 0.15) is 53.4 Å². The van der Waals surface area contributed by atoms with E-state index in [0.717, 1.165) is 35.8 Å². The quantitative estimate of drug-likeness (QED) is 0.498. The highest BCUT2D eigenvalue weighted by Gasteiger charge is 2.06. The second kappa shape index (κ2) is 14.2. The van der Waals surface area contributed by atoms with Crippen LogP contribution in [0.15, 0.2) is 29.2 Å². The van der Waals surface area contributed by atoms with E-state index in [0.29, 0.717) is 5.70 Å². The lowest BCUT2D eigenvalue weighted by molar-refractivity contribution is 0.807. The van der Waals surface area contributed by atoms with Crippen LogP contribution in [0.25, 0.3) is 0 Å². The molecule has 5 N–H and O–H groups in total. The predicted octanol–water partition coefficient (Wildman–Crippen LogP) is 3.24. The number of thiocarbonyl (C=S) groups is 1. The first-order valence-electron chi connectivity index (χ1n) is 7.06. The van der Waals surface area contributed by atoms with Crippen LogP contribution >= 0.6 is 12.2 Å². The monoisotopic (exact) mass is 298 g/mol. The summed E-state index contributed by atoms with van der Waals surface area (Å²) in [6.45, 7) is 12.3. The Hall–Kier alpha value is -1.20. The molecule has 0 atom stereocenters. The van der Waals surface area contributed by atoms with Crippen molar-refractivity contribution in [2.24, 2.45) is 16.5 Å². The smallest absolute Gasteiger partial charge is 0.0798 e. The van der Waals surface area contributed by atoms with Crippen molar-refractivity contribution in [3.8, 4) is 0 Å². The lowest BCUT2D eigenvalue weighted by atomic mass is 10.2. The average Bonchev–Trinajstić information content (AvgIpc) is 2.38. The summed E-state index contributed by atoms with van der Waals surface area (Å²) in [4.78, 5) is 4.87. The largest absolute Gasteiger partial charge is 0.401 e. The van der Waals surface area contributed by atoms with E-state index in [1.807, 2.05) is 13.8 Å². The number of nitrogens with one attached hydrogen (secondary N) is 1. The molecule has 20 heavy (non-hydrogen) atoms. The van der Waals surface area contributed by atoms with Gasteiger partial charge in [0.15, 0.2) is 0 Å². The molecule has 0 unspecified atom stereocenters. The Morgan fingerprint density at radius 3 is 2.20 bits per heavy atom. The highest BCUT2D eigenvalue weighted by molar-refractivity contribution is 7.80. The molecule has 0 aliphatic heterocycles. The van der Waals surface area contributed by atoms with E-state index in [4.69, 9.17) is 23.7 Å². The zero-order valence-corrected chi connectivity index (χ0v) is 14.1. The van der Waals surface area contributed by atoms with Gasteiger partial charge >= 0.3 is 0 Å². The molecule has 0 rings (SSSR count). The molecule has 0 amide bonds. The number of nitrogens with two attached hydrogens (primary N) is 2. The SMILES string of the molecule is C=CN=C(C)/C(NC(=S)CCC)=C(\C)N.CCCCN. The van der Waals surface area contributed by atoms with E-state index < -0.39 is 0 Å². The summed E-state index contributed by atoms with van der Waals surface area (Å²) < 4.78 is 0. The van der Waals surface area contributed by atoms with E-state index in [-0.39, 0.29) is 0 Å². The van der Waals surface area contributed by atoms with Gasteiger partial charge in [0, 0.05) is 11.9 Å². The molecule has 0 saturated carbocycles. The summed E-state index contributed by atoms with van der Waals surface area (Å²) >= 11 is 5.17. The lowest BCUT2D eigenvalue weighted by Gasteiger charge is -2.12. The van der Waals surface area contributed by atoms with Crippen molar-refractivity contribution >= 4 is 22.9 Å². The Balaban J connectivity index is 0. The zero-order chi connectivity index (χ0) is 16.0. The molecular weight excluding hydrogens is 268 g/mol. The maximum Gasteiger partial charge on any atom is 0.0798 e. The Morgan fingerprint density at radius 1 is 1.30 bits per heavy atom. The molecule has 0 aliphatic carbocycles. The fourth-order valence-electron chi connectivity index (χ4n) is 1.31. The number of aliphatic imine (C=N–C) groups is 1. The van der Waals surface area contributed by atoms with E-state index in [1.54, 1.807) is 0 Å². The van der Waals surface area contributed by atoms with Crippen LogP contribution in [0.3, 0.4) is 0 Å². The zero-order valence-electron chi connectivity index (χ0n) is 13.3. The van der Waals surface area contributed by atoms with E-state index in [9.17, 15) is 0 Å². The molecule has 0 aromatic carbocycles. The van der Waals surface area contributed by atoms with Gasteiger partial charge in [-0.05, 0) is 39.7 Å². The molecule has 0 aromatic rings. The van der Waals surface area contributed by atoms with Crippen molar-refractivity contribution < 1.29 is 0 Å². The standard InChI is InChI=1S/C11H19N3S.C4H11N/c1-5-7-10(15)14-11(8(3)12)9(4)13-6-2;1-2-3-4-5/h6H,2,5,7,12H2,1,3-4H3,(H,14,15);2-5H2,1H3/b11-8-,13-9?;.